The Morgan fingerprint density at radius 2 is 1.70 bits per heavy atom. The molecule has 0 radical (unpaired) electrons. The molecule has 6 nitrogen and oxygen atoms in total. The molecule has 0 saturated heterocycles. The fraction of sp³-hybridized carbons (Fsp3) is 0.176. The zero-order chi connectivity index (χ0) is 20.1. The standard InChI is InChI=1S/C17H16F3N3O3S/c1-27(25,26)23(14-8-3-2-4-9-14)12-16(24)22-21-11-13-7-5-6-10-15(13)17(18,19)20/h2-11H,12H2,1H3,(H,22,24). The number of hydrogen-bond donors (Lipinski definition) is 1. The van der Waals surface area contributed by atoms with Crippen LogP contribution >= 0.6 is 0 Å². The van der Waals surface area contributed by atoms with E-state index >= 15 is 0 Å². The molecular weight excluding hydrogens is 383 g/mol. The van der Waals surface area contributed by atoms with E-state index in [2.05, 4.69) is 5.10 Å². The van der Waals surface area contributed by atoms with Crippen LogP contribution in [0.5, 0.6) is 0 Å². The molecule has 27 heavy (non-hydrogen) atoms. The largest absolute Gasteiger partial charge is 0.417 e. The average Bonchev–Trinajstić information content (AvgIpc) is 2.59. The maximum atomic E-state index is 12.9. The van der Waals surface area contributed by atoms with Gasteiger partial charge in [0.15, 0.2) is 0 Å². The minimum atomic E-state index is -4.56. The zero-order valence-corrected chi connectivity index (χ0v) is 15.0. The summed E-state index contributed by atoms with van der Waals surface area (Å²) < 4.78 is 63.4. The van der Waals surface area contributed by atoms with Crippen LogP contribution in [0.4, 0.5) is 18.9 Å². The third kappa shape index (κ3) is 5.81. The van der Waals surface area contributed by atoms with Crippen LogP contribution in [0, 0.1) is 0 Å². The Labute approximate surface area is 154 Å². The summed E-state index contributed by atoms with van der Waals surface area (Å²) >= 11 is 0. The number of hydrazone groups is 1. The number of para-hydroxylation sites is 1. The molecular formula is C17H16F3N3O3S. The highest BCUT2D eigenvalue weighted by Crippen LogP contribution is 2.31. The van der Waals surface area contributed by atoms with Crippen LogP contribution < -0.4 is 9.73 Å². The van der Waals surface area contributed by atoms with E-state index in [1.807, 2.05) is 5.43 Å². The number of amides is 1. The van der Waals surface area contributed by atoms with E-state index in [1.54, 1.807) is 18.2 Å². The van der Waals surface area contributed by atoms with Crippen LogP contribution in [-0.4, -0.2) is 33.3 Å². The Kier molecular flexibility index (Phi) is 6.21. The number of benzene rings is 2. The fourth-order valence-electron chi connectivity index (χ4n) is 2.20. The molecule has 1 N–H and O–H groups in total. The van der Waals surface area contributed by atoms with Gasteiger partial charge in [-0.15, -0.1) is 0 Å². The minimum Gasteiger partial charge on any atom is -0.271 e. The first-order valence-corrected chi connectivity index (χ1v) is 9.45. The molecule has 0 aliphatic rings. The van der Waals surface area contributed by atoms with Crippen molar-refractivity contribution >= 4 is 27.8 Å². The van der Waals surface area contributed by atoms with Gasteiger partial charge in [-0.05, 0) is 18.2 Å². The van der Waals surface area contributed by atoms with Crippen LogP contribution in [0.3, 0.4) is 0 Å². The number of anilines is 1. The number of nitrogens with zero attached hydrogens (tertiary/aromatic N) is 2. The first kappa shape index (κ1) is 20.4. The molecule has 10 heteroatoms. The van der Waals surface area contributed by atoms with Crippen molar-refractivity contribution in [2.45, 2.75) is 6.18 Å². The van der Waals surface area contributed by atoms with Crippen molar-refractivity contribution in [3.05, 3.63) is 65.7 Å². The summed E-state index contributed by atoms with van der Waals surface area (Å²) in [6, 6.07) is 12.7. The molecule has 2 aromatic carbocycles. The third-order valence-electron chi connectivity index (χ3n) is 3.39. The molecule has 0 fully saturated rings. The Morgan fingerprint density at radius 1 is 1.11 bits per heavy atom. The van der Waals surface area contributed by atoms with Crippen LogP contribution in [-0.2, 0) is 21.0 Å². The summed E-state index contributed by atoms with van der Waals surface area (Å²) in [4.78, 5) is 12.0. The predicted molar refractivity (Wildman–Crippen MR) is 95.8 cm³/mol. The van der Waals surface area contributed by atoms with E-state index in [-0.39, 0.29) is 11.3 Å². The molecule has 0 aliphatic heterocycles. The zero-order valence-electron chi connectivity index (χ0n) is 14.1. The maximum absolute atomic E-state index is 12.9. The first-order chi connectivity index (χ1) is 12.6. The van der Waals surface area contributed by atoms with E-state index in [1.165, 1.54) is 30.3 Å². The number of halogens is 3. The molecule has 0 saturated carbocycles. The van der Waals surface area contributed by atoms with Gasteiger partial charge in [-0.3, -0.25) is 9.10 Å². The quantitative estimate of drug-likeness (QED) is 0.599. The van der Waals surface area contributed by atoms with Gasteiger partial charge in [-0.2, -0.15) is 18.3 Å². The summed E-state index contributed by atoms with van der Waals surface area (Å²) in [6.07, 6.45) is -2.77. The van der Waals surface area contributed by atoms with Gasteiger partial charge < -0.3 is 0 Å². The third-order valence-corrected chi connectivity index (χ3v) is 4.53. The van der Waals surface area contributed by atoms with Gasteiger partial charge in [0.1, 0.15) is 6.54 Å². The summed E-state index contributed by atoms with van der Waals surface area (Å²) in [6.45, 7) is -0.568. The molecule has 1 amide bonds. The summed E-state index contributed by atoms with van der Waals surface area (Å²) in [5.41, 5.74) is 1.19. The summed E-state index contributed by atoms with van der Waals surface area (Å²) in [7, 11) is -3.74. The molecule has 0 atom stereocenters. The second kappa shape index (κ2) is 8.21. The molecule has 2 rings (SSSR count). The van der Waals surface area contributed by atoms with Crippen molar-refractivity contribution < 1.29 is 26.4 Å². The monoisotopic (exact) mass is 399 g/mol. The lowest BCUT2D eigenvalue weighted by atomic mass is 10.1. The van der Waals surface area contributed by atoms with E-state index in [0.29, 0.717) is 0 Å². The summed E-state index contributed by atoms with van der Waals surface area (Å²) in [5, 5.41) is 3.50. The average molecular weight is 399 g/mol. The fourth-order valence-corrected chi connectivity index (χ4v) is 3.06. The highest BCUT2D eigenvalue weighted by Gasteiger charge is 2.32. The van der Waals surface area contributed by atoms with Crippen LogP contribution in [0.25, 0.3) is 0 Å². The lowest BCUT2D eigenvalue weighted by molar-refractivity contribution is -0.137. The number of carbonyl (C=O) groups excluding carboxylic acids is 1. The Morgan fingerprint density at radius 3 is 2.30 bits per heavy atom. The molecule has 0 aliphatic carbocycles. The SMILES string of the molecule is CS(=O)(=O)N(CC(=O)NN=Cc1ccccc1C(F)(F)F)c1ccccc1. The maximum Gasteiger partial charge on any atom is 0.417 e. The van der Waals surface area contributed by atoms with Crippen molar-refractivity contribution in [1.29, 1.82) is 0 Å². The van der Waals surface area contributed by atoms with Gasteiger partial charge in [-0.1, -0.05) is 36.4 Å². The first-order valence-electron chi connectivity index (χ1n) is 7.60. The Balaban J connectivity index is 2.11. The van der Waals surface area contributed by atoms with E-state index in [9.17, 15) is 26.4 Å². The number of sulfonamides is 1. The van der Waals surface area contributed by atoms with Crippen LogP contribution in [0.1, 0.15) is 11.1 Å². The molecule has 0 spiro atoms. The van der Waals surface area contributed by atoms with Crippen molar-refractivity contribution in [1.82, 2.24) is 5.43 Å². The number of hydrogen-bond acceptors (Lipinski definition) is 4. The number of alkyl halides is 3. The van der Waals surface area contributed by atoms with E-state index in [0.717, 1.165) is 22.8 Å². The second-order valence-electron chi connectivity index (χ2n) is 5.48. The second-order valence-corrected chi connectivity index (χ2v) is 7.39. The molecule has 144 valence electrons. The van der Waals surface area contributed by atoms with Crippen molar-refractivity contribution in [3.8, 4) is 0 Å². The normalized spacial score (nSPS) is 12.1. The van der Waals surface area contributed by atoms with Crippen molar-refractivity contribution in [2.75, 3.05) is 17.1 Å². The van der Waals surface area contributed by atoms with Gasteiger partial charge in [0, 0.05) is 5.56 Å². The van der Waals surface area contributed by atoms with Crippen molar-refractivity contribution in [3.63, 3.8) is 0 Å². The molecule has 2 aromatic rings. The lowest BCUT2D eigenvalue weighted by Crippen LogP contribution is -2.39. The van der Waals surface area contributed by atoms with Crippen molar-refractivity contribution in [2.24, 2.45) is 5.10 Å². The molecule has 0 bridgehead atoms. The highest BCUT2D eigenvalue weighted by atomic mass is 32.2. The molecule has 0 aromatic heterocycles. The van der Waals surface area contributed by atoms with Crippen LogP contribution in [0.2, 0.25) is 0 Å². The van der Waals surface area contributed by atoms with Crippen LogP contribution in [0.15, 0.2) is 59.7 Å². The van der Waals surface area contributed by atoms with Gasteiger partial charge in [0.2, 0.25) is 10.0 Å². The summed E-state index contributed by atoms with van der Waals surface area (Å²) in [5.74, 6) is -0.801. The minimum absolute atomic E-state index is 0.228. The molecule has 0 heterocycles. The van der Waals surface area contributed by atoms with Gasteiger partial charge in [0.25, 0.3) is 5.91 Å². The van der Waals surface area contributed by atoms with E-state index < -0.39 is 34.2 Å². The topological polar surface area (TPSA) is 78.8 Å². The predicted octanol–water partition coefficient (Wildman–Crippen LogP) is 2.62. The lowest BCUT2D eigenvalue weighted by Gasteiger charge is -2.21. The highest BCUT2D eigenvalue weighted by molar-refractivity contribution is 7.92. The molecule has 0 unspecified atom stereocenters. The van der Waals surface area contributed by atoms with Gasteiger partial charge >= 0.3 is 6.18 Å². The number of nitrogens with one attached hydrogen (secondary N) is 1. The van der Waals surface area contributed by atoms with Gasteiger partial charge in [-0.25, -0.2) is 13.8 Å². The Bertz CT molecular complexity index is 929. The number of rotatable bonds is 6. The smallest absolute Gasteiger partial charge is 0.271 e. The van der Waals surface area contributed by atoms with Gasteiger partial charge in [0.05, 0.1) is 23.7 Å². The van der Waals surface area contributed by atoms with E-state index in [4.69, 9.17) is 0 Å². The Hall–Kier alpha value is -2.88. The number of carbonyl (C=O) groups is 1.